The Balaban J connectivity index is 0.00000300. The lowest BCUT2D eigenvalue weighted by Gasteiger charge is -2.38. The number of hydrogen-bond donors (Lipinski definition) is 1. The molecule has 7 heteroatoms. The van der Waals surface area contributed by atoms with Gasteiger partial charge in [0.1, 0.15) is 6.26 Å². The van der Waals surface area contributed by atoms with Gasteiger partial charge in [-0.05, 0) is 18.4 Å². The molecule has 3 rings (SSSR count). The molecule has 6 nitrogen and oxygen atoms in total. The number of aromatic nitrogens is 1. The first-order valence-electron chi connectivity index (χ1n) is 10.3. The van der Waals surface area contributed by atoms with Crippen LogP contribution >= 0.6 is 24.0 Å². The number of nitrogens with one attached hydrogen (secondary N) is 1. The van der Waals surface area contributed by atoms with Crippen molar-refractivity contribution >= 4 is 29.9 Å². The zero-order valence-electron chi connectivity index (χ0n) is 17.8. The van der Waals surface area contributed by atoms with Crippen molar-refractivity contribution in [1.82, 2.24) is 20.3 Å². The van der Waals surface area contributed by atoms with Crippen LogP contribution in [0.4, 0.5) is 0 Å². The normalized spacial score (nSPS) is 15.8. The number of rotatable bonds is 7. The number of halogens is 1. The van der Waals surface area contributed by atoms with Gasteiger partial charge in [-0.2, -0.15) is 0 Å². The summed E-state index contributed by atoms with van der Waals surface area (Å²) in [6.45, 7) is 10.2. The van der Waals surface area contributed by atoms with Gasteiger partial charge in [0.25, 0.3) is 0 Å². The summed E-state index contributed by atoms with van der Waals surface area (Å²) in [6, 6.07) is 12.8. The van der Waals surface area contributed by atoms with Gasteiger partial charge in [-0.3, -0.25) is 9.89 Å². The first-order valence-corrected chi connectivity index (χ1v) is 10.3. The summed E-state index contributed by atoms with van der Waals surface area (Å²) in [4.78, 5) is 9.34. The predicted molar refractivity (Wildman–Crippen MR) is 129 cm³/mol. The molecule has 1 saturated heterocycles. The molecule has 29 heavy (non-hydrogen) atoms. The fourth-order valence-electron chi connectivity index (χ4n) is 4.05. The molecule has 1 aromatic heterocycles. The SMILES string of the molecule is CCC(CC)(CNC(=NC)N1CCN(Cc2ccon2)CC1)c1ccccc1.I. The standard InChI is InChI=1S/C22H33N5O.HI/c1-4-22(5-2,19-9-7-6-8-10-19)18-24-21(23-3)27-14-12-26(13-15-27)17-20-11-16-28-25-20;/h6-11,16H,4-5,12-15,17-18H2,1-3H3,(H,23,24);1H. The van der Waals surface area contributed by atoms with Gasteiger partial charge in [0.05, 0.1) is 5.69 Å². The Kier molecular flexibility index (Phi) is 9.42. The van der Waals surface area contributed by atoms with E-state index in [1.165, 1.54) is 5.56 Å². The lowest BCUT2D eigenvalue weighted by atomic mass is 9.76. The molecule has 0 unspecified atom stereocenters. The van der Waals surface area contributed by atoms with Crippen molar-refractivity contribution < 1.29 is 4.52 Å². The van der Waals surface area contributed by atoms with Gasteiger partial charge in [-0.1, -0.05) is 49.3 Å². The molecule has 160 valence electrons. The summed E-state index contributed by atoms with van der Waals surface area (Å²) in [6.07, 6.45) is 3.84. The second kappa shape index (κ2) is 11.5. The predicted octanol–water partition coefficient (Wildman–Crippen LogP) is 3.74. The maximum atomic E-state index is 4.94. The minimum atomic E-state index is 0. The third kappa shape index (κ3) is 5.94. The van der Waals surface area contributed by atoms with Crippen LogP contribution in [0.25, 0.3) is 0 Å². The lowest BCUT2D eigenvalue weighted by Crippen LogP contribution is -2.54. The Morgan fingerprint density at radius 2 is 1.79 bits per heavy atom. The van der Waals surface area contributed by atoms with Crippen LogP contribution in [0.3, 0.4) is 0 Å². The Hall–Kier alpha value is -1.61. The lowest BCUT2D eigenvalue weighted by molar-refractivity contribution is 0.168. The summed E-state index contributed by atoms with van der Waals surface area (Å²) in [5.41, 5.74) is 2.53. The van der Waals surface area contributed by atoms with Crippen molar-refractivity contribution in [2.45, 2.75) is 38.6 Å². The average molecular weight is 511 g/mol. The van der Waals surface area contributed by atoms with Crippen LogP contribution in [0.1, 0.15) is 37.9 Å². The molecular weight excluding hydrogens is 477 g/mol. The Labute approximate surface area is 191 Å². The van der Waals surface area contributed by atoms with Crippen LogP contribution < -0.4 is 5.32 Å². The molecule has 1 aliphatic rings. The number of hydrogen-bond acceptors (Lipinski definition) is 4. The summed E-state index contributed by atoms with van der Waals surface area (Å²) in [5, 5.41) is 7.69. The van der Waals surface area contributed by atoms with Crippen LogP contribution in [0, 0.1) is 0 Å². The summed E-state index contributed by atoms with van der Waals surface area (Å²) < 4.78 is 4.94. The summed E-state index contributed by atoms with van der Waals surface area (Å²) in [7, 11) is 1.88. The van der Waals surface area contributed by atoms with E-state index in [2.05, 4.69) is 69.4 Å². The van der Waals surface area contributed by atoms with E-state index < -0.39 is 0 Å². The Bertz CT molecular complexity index is 723. The molecule has 0 spiro atoms. The Morgan fingerprint density at radius 1 is 1.10 bits per heavy atom. The van der Waals surface area contributed by atoms with Gasteiger partial charge in [0, 0.05) is 57.8 Å². The zero-order chi connectivity index (χ0) is 19.8. The van der Waals surface area contributed by atoms with Crippen LogP contribution in [0.2, 0.25) is 0 Å². The smallest absolute Gasteiger partial charge is 0.193 e. The van der Waals surface area contributed by atoms with Gasteiger partial charge in [-0.25, -0.2) is 0 Å². The van der Waals surface area contributed by atoms with E-state index in [0.717, 1.165) is 63.8 Å². The van der Waals surface area contributed by atoms with Crippen molar-refractivity contribution in [2.24, 2.45) is 4.99 Å². The van der Waals surface area contributed by atoms with Crippen LogP contribution in [-0.4, -0.2) is 60.7 Å². The van der Waals surface area contributed by atoms with E-state index >= 15 is 0 Å². The highest BCUT2D eigenvalue weighted by atomic mass is 127. The van der Waals surface area contributed by atoms with Crippen LogP contribution in [0.15, 0.2) is 52.2 Å². The second-order valence-electron chi connectivity index (χ2n) is 7.51. The minimum absolute atomic E-state index is 0. The van der Waals surface area contributed by atoms with E-state index in [1.807, 2.05) is 13.1 Å². The molecule has 1 aromatic carbocycles. The molecule has 2 heterocycles. The largest absolute Gasteiger partial charge is 0.364 e. The molecule has 0 radical (unpaired) electrons. The van der Waals surface area contributed by atoms with Crippen molar-refractivity contribution in [2.75, 3.05) is 39.8 Å². The fraction of sp³-hybridized carbons (Fsp3) is 0.545. The molecule has 0 atom stereocenters. The highest BCUT2D eigenvalue weighted by Crippen LogP contribution is 2.30. The molecule has 2 aromatic rings. The van der Waals surface area contributed by atoms with Gasteiger partial charge >= 0.3 is 0 Å². The molecule has 0 amide bonds. The number of aliphatic imine (C=N–C) groups is 1. The number of nitrogens with zero attached hydrogens (tertiary/aromatic N) is 4. The third-order valence-electron chi connectivity index (χ3n) is 6.09. The maximum Gasteiger partial charge on any atom is 0.193 e. The highest BCUT2D eigenvalue weighted by molar-refractivity contribution is 14.0. The number of benzene rings is 1. The zero-order valence-corrected chi connectivity index (χ0v) is 20.1. The number of guanidine groups is 1. The van der Waals surface area contributed by atoms with E-state index in [-0.39, 0.29) is 29.4 Å². The van der Waals surface area contributed by atoms with Crippen LogP contribution in [-0.2, 0) is 12.0 Å². The monoisotopic (exact) mass is 511 g/mol. The van der Waals surface area contributed by atoms with Crippen molar-refractivity contribution in [3.8, 4) is 0 Å². The minimum Gasteiger partial charge on any atom is -0.364 e. The van der Waals surface area contributed by atoms with Gasteiger partial charge < -0.3 is 14.7 Å². The quantitative estimate of drug-likeness (QED) is 0.349. The fourth-order valence-corrected chi connectivity index (χ4v) is 4.05. The maximum absolute atomic E-state index is 4.94. The molecule has 1 fully saturated rings. The van der Waals surface area contributed by atoms with E-state index in [1.54, 1.807) is 6.26 Å². The van der Waals surface area contributed by atoms with Crippen molar-refractivity contribution in [3.63, 3.8) is 0 Å². The van der Waals surface area contributed by atoms with Gasteiger partial charge in [0.2, 0.25) is 0 Å². The van der Waals surface area contributed by atoms with Crippen molar-refractivity contribution in [1.29, 1.82) is 0 Å². The van der Waals surface area contributed by atoms with E-state index in [4.69, 9.17) is 4.52 Å². The molecule has 1 N–H and O–H groups in total. The van der Waals surface area contributed by atoms with Gasteiger partial charge in [-0.15, -0.1) is 24.0 Å². The highest BCUT2D eigenvalue weighted by Gasteiger charge is 2.29. The van der Waals surface area contributed by atoms with Gasteiger partial charge in [0.15, 0.2) is 5.96 Å². The summed E-state index contributed by atoms with van der Waals surface area (Å²) in [5.74, 6) is 1.00. The first kappa shape index (κ1) is 23.7. The summed E-state index contributed by atoms with van der Waals surface area (Å²) >= 11 is 0. The van der Waals surface area contributed by atoms with E-state index in [9.17, 15) is 0 Å². The van der Waals surface area contributed by atoms with Crippen molar-refractivity contribution in [3.05, 3.63) is 53.9 Å². The molecule has 0 bridgehead atoms. The molecule has 0 aliphatic carbocycles. The third-order valence-corrected chi connectivity index (χ3v) is 6.09. The molecule has 0 saturated carbocycles. The Morgan fingerprint density at radius 3 is 2.34 bits per heavy atom. The number of piperazine rings is 1. The van der Waals surface area contributed by atoms with Crippen LogP contribution in [0.5, 0.6) is 0 Å². The van der Waals surface area contributed by atoms with E-state index in [0.29, 0.717) is 0 Å². The first-order chi connectivity index (χ1) is 13.7. The topological polar surface area (TPSA) is 56.9 Å². The molecular formula is C22H34IN5O. The molecule has 1 aliphatic heterocycles. The average Bonchev–Trinajstić information content (AvgIpc) is 3.26. The second-order valence-corrected chi connectivity index (χ2v) is 7.51.